The molecule has 1 aliphatic carbocycles. The smallest absolute Gasteiger partial charge is 0.263 e. The molecule has 2 unspecified atom stereocenters. The molecule has 202 valence electrons. The molecule has 8 nitrogen and oxygen atoms in total. The molecule has 5 rings (SSSR count). The number of hydrogen-bond acceptors (Lipinski definition) is 7. The number of rotatable bonds is 8. The minimum absolute atomic E-state index is 0.176. The number of aryl methyl sites for hydroxylation is 2. The van der Waals surface area contributed by atoms with Gasteiger partial charge >= 0.3 is 0 Å². The maximum atomic E-state index is 13.3. The Morgan fingerprint density at radius 2 is 2.05 bits per heavy atom. The topological polar surface area (TPSA) is 94.8 Å². The van der Waals surface area contributed by atoms with Gasteiger partial charge in [-0.15, -0.1) is 11.3 Å². The van der Waals surface area contributed by atoms with E-state index in [-0.39, 0.29) is 5.56 Å². The molecule has 0 radical (unpaired) electrons. The van der Waals surface area contributed by atoms with Gasteiger partial charge in [0, 0.05) is 4.88 Å². The first-order valence-electron chi connectivity index (χ1n) is 13.0. The summed E-state index contributed by atoms with van der Waals surface area (Å²) < 4.78 is 12.8. The van der Waals surface area contributed by atoms with Gasteiger partial charge in [0.25, 0.3) is 11.5 Å². The molecule has 0 saturated heterocycles. The van der Waals surface area contributed by atoms with Crippen molar-refractivity contribution in [3.8, 4) is 11.5 Å². The van der Waals surface area contributed by atoms with E-state index in [1.54, 1.807) is 31.4 Å². The zero-order valence-corrected chi connectivity index (χ0v) is 23.4. The maximum Gasteiger partial charge on any atom is 0.263 e. The molecule has 0 spiro atoms. The van der Waals surface area contributed by atoms with E-state index in [4.69, 9.17) is 9.47 Å². The Morgan fingerprint density at radius 3 is 2.82 bits per heavy atom. The van der Waals surface area contributed by atoms with E-state index in [9.17, 15) is 9.59 Å². The van der Waals surface area contributed by atoms with Crippen LogP contribution in [0.15, 0.2) is 58.7 Å². The fraction of sp³-hybridized carbons (Fsp3) is 0.333. The highest BCUT2D eigenvalue weighted by molar-refractivity contribution is 7.18. The SMILES string of the molecule is COc1cc(C=NNC(=O)C(C)n2cnc3sc4c(c3c2=O)CCC(C)C4)ccc1OCc1ccc(C)cc1. The number of aromatic nitrogens is 2. The summed E-state index contributed by atoms with van der Waals surface area (Å²) in [5, 5.41) is 4.76. The molecule has 2 atom stereocenters. The molecule has 1 amide bonds. The summed E-state index contributed by atoms with van der Waals surface area (Å²) >= 11 is 1.60. The highest BCUT2D eigenvalue weighted by atomic mass is 32.1. The van der Waals surface area contributed by atoms with Gasteiger partial charge in [0.1, 0.15) is 17.5 Å². The second-order valence-corrected chi connectivity index (χ2v) is 11.2. The summed E-state index contributed by atoms with van der Waals surface area (Å²) in [5.74, 6) is 1.38. The number of nitrogens with one attached hydrogen (secondary N) is 1. The lowest BCUT2D eigenvalue weighted by Crippen LogP contribution is -2.34. The minimum atomic E-state index is -0.767. The molecule has 0 saturated carbocycles. The Labute approximate surface area is 231 Å². The minimum Gasteiger partial charge on any atom is -0.493 e. The van der Waals surface area contributed by atoms with Crippen molar-refractivity contribution in [1.29, 1.82) is 0 Å². The summed E-state index contributed by atoms with van der Waals surface area (Å²) in [6.07, 6.45) is 5.90. The third-order valence-corrected chi connectivity index (χ3v) is 8.29. The highest BCUT2D eigenvalue weighted by Gasteiger charge is 2.25. The fourth-order valence-electron chi connectivity index (χ4n) is 4.74. The average molecular weight is 545 g/mol. The Balaban J connectivity index is 1.25. The summed E-state index contributed by atoms with van der Waals surface area (Å²) in [4.78, 5) is 32.7. The molecule has 0 bridgehead atoms. The van der Waals surface area contributed by atoms with Crippen molar-refractivity contribution in [3.05, 3.63) is 86.3 Å². The summed E-state index contributed by atoms with van der Waals surface area (Å²) in [7, 11) is 1.58. The molecule has 4 aromatic rings. The Kier molecular flexibility index (Phi) is 7.79. The molecular formula is C30H32N4O4S. The lowest BCUT2D eigenvalue weighted by Gasteiger charge is -2.18. The fourth-order valence-corrected chi connectivity index (χ4v) is 6.08. The first kappa shape index (κ1) is 26.6. The van der Waals surface area contributed by atoms with Gasteiger partial charge in [0.05, 0.1) is 25.0 Å². The predicted octanol–water partition coefficient (Wildman–Crippen LogP) is 5.19. The van der Waals surface area contributed by atoms with Crippen LogP contribution in [-0.4, -0.2) is 28.8 Å². The van der Waals surface area contributed by atoms with E-state index < -0.39 is 11.9 Å². The number of amides is 1. The Bertz CT molecular complexity index is 1590. The number of hydrogen-bond donors (Lipinski definition) is 1. The van der Waals surface area contributed by atoms with Gasteiger partial charge in [-0.3, -0.25) is 14.2 Å². The van der Waals surface area contributed by atoms with Gasteiger partial charge in [-0.05, 0) is 73.9 Å². The third kappa shape index (κ3) is 5.73. The molecular weight excluding hydrogens is 512 g/mol. The quantitative estimate of drug-likeness (QED) is 0.243. The van der Waals surface area contributed by atoms with Crippen LogP contribution in [0, 0.1) is 12.8 Å². The summed E-state index contributed by atoms with van der Waals surface area (Å²) in [6.45, 7) is 6.37. The summed E-state index contributed by atoms with van der Waals surface area (Å²) in [6, 6.07) is 12.8. The van der Waals surface area contributed by atoms with Crippen LogP contribution in [-0.2, 0) is 24.2 Å². The molecule has 39 heavy (non-hydrogen) atoms. The average Bonchev–Trinajstić information content (AvgIpc) is 3.31. The standard InChI is InChI=1S/C30H32N4O4S/c1-18-5-8-21(9-6-18)16-38-24-12-10-22(14-25(24)37-4)15-32-33-28(35)20(3)34-17-31-29-27(30(34)36)23-11-7-19(2)13-26(23)39-29/h5-6,8-10,12,14-15,17,19-20H,7,11,13,16H2,1-4H3,(H,33,35). The molecule has 0 fully saturated rings. The zero-order valence-electron chi connectivity index (χ0n) is 22.6. The Morgan fingerprint density at radius 1 is 1.26 bits per heavy atom. The largest absolute Gasteiger partial charge is 0.493 e. The first-order valence-corrected chi connectivity index (χ1v) is 13.9. The number of benzene rings is 2. The van der Waals surface area contributed by atoms with Crippen molar-refractivity contribution in [1.82, 2.24) is 15.0 Å². The molecule has 1 N–H and O–H groups in total. The lowest BCUT2D eigenvalue weighted by atomic mass is 9.89. The normalized spacial score (nSPS) is 15.7. The second kappa shape index (κ2) is 11.4. The van der Waals surface area contributed by atoms with E-state index in [1.807, 2.05) is 43.3 Å². The second-order valence-electron chi connectivity index (χ2n) is 10.1. The van der Waals surface area contributed by atoms with Gasteiger partial charge < -0.3 is 9.47 Å². The number of thiophene rings is 1. The molecule has 2 heterocycles. The van der Waals surface area contributed by atoms with Crippen molar-refractivity contribution >= 4 is 33.7 Å². The molecule has 9 heteroatoms. The van der Waals surface area contributed by atoms with Gasteiger partial charge in [0.2, 0.25) is 0 Å². The van der Waals surface area contributed by atoms with Crippen molar-refractivity contribution in [2.45, 2.75) is 52.7 Å². The lowest BCUT2D eigenvalue weighted by molar-refractivity contribution is -0.123. The van der Waals surface area contributed by atoms with Crippen LogP contribution >= 0.6 is 11.3 Å². The number of ether oxygens (including phenoxy) is 2. The van der Waals surface area contributed by atoms with Crippen molar-refractivity contribution < 1.29 is 14.3 Å². The van der Waals surface area contributed by atoms with Crippen LogP contribution in [0.1, 0.15) is 53.4 Å². The Hall–Kier alpha value is -3.98. The van der Waals surface area contributed by atoms with Crippen LogP contribution in [0.5, 0.6) is 11.5 Å². The monoisotopic (exact) mass is 544 g/mol. The zero-order chi connectivity index (χ0) is 27.5. The van der Waals surface area contributed by atoms with E-state index >= 15 is 0 Å². The van der Waals surface area contributed by atoms with E-state index in [0.29, 0.717) is 29.4 Å². The molecule has 1 aliphatic rings. The number of fused-ring (bicyclic) bond motifs is 3. The van der Waals surface area contributed by atoms with Crippen LogP contribution < -0.4 is 20.5 Å². The van der Waals surface area contributed by atoms with Crippen LogP contribution in [0.25, 0.3) is 10.2 Å². The predicted molar refractivity (Wildman–Crippen MR) is 154 cm³/mol. The van der Waals surface area contributed by atoms with Crippen LogP contribution in [0.4, 0.5) is 0 Å². The van der Waals surface area contributed by atoms with Crippen LogP contribution in [0.2, 0.25) is 0 Å². The number of hydrazone groups is 1. The van der Waals surface area contributed by atoms with Gasteiger partial charge in [-0.2, -0.15) is 5.10 Å². The van der Waals surface area contributed by atoms with Crippen molar-refractivity contribution in [2.24, 2.45) is 11.0 Å². The van der Waals surface area contributed by atoms with Crippen LogP contribution in [0.3, 0.4) is 0 Å². The third-order valence-electron chi connectivity index (χ3n) is 7.13. The van der Waals surface area contributed by atoms with Gasteiger partial charge in [-0.25, -0.2) is 10.4 Å². The van der Waals surface area contributed by atoms with E-state index in [2.05, 4.69) is 22.4 Å². The van der Waals surface area contributed by atoms with E-state index in [0.717, 1.165) is 40.8 Å². The van der Waals surface area contributed by atoms with Crippen molar-refractivity contribution in [3.63, 3.8) is 0 Å². The number of methoxy groups -OCH3 is 1. The van der Waals surface area contributed by atoms with Gasteiger partial charge in [-0.1, -0.05) is 36.8 Å². The number of nitrogens with zero attached hydrogens (tertiary/aromatic N) is 3. The molecule has 2 aromatic heterocycles. The number of carbonyl (C=O) groups excluding carboxylic acids is 1. The summed E-state index contributed by atoms with van der Waals surface area (Å²) in [5.41, 5.74) is 6.45. The van der Waals surface area contributed by atoms with Crippen molar-refractivity contribution in [2.75, 3.05) is 7.11 Å². The maximum absolute atomic E-state index is 13.3. The first-order chi connectivity index (χ1) is 18.8. The molecule has 0 aliphatic heterocycles. The molecule has 2 aromatic carbocycles. The highest BCUT2D eigenvalue weighted by Crippen LogP contribution is 2.35. The van der Waals surface area contributed by atoms with Gasteiger partial charge in [0.15, 0.2) is 11.5 Å². The van der Waals surface area contributed by atoms with E-state index in [1.165, 1.54) is 27.5 Å². The number of carbonyl (C=O) groups is 1.